The van der Waals surface area contributed by atoms with Crippen molar-refractivity contribution < 1.29 is 14.6 Å². The van der Waals surface area contributed by atoms with Crippen LogP contribution in [0.1, 0.15) is 23.2 Å². The third kappa shape index (κ3) is 4.68. The molecule has 0 aliphatic carbocycles. The summed E-state index contributed by atoms with van der Waals surface area (Å²) in [5, 5.41) is 8.96. The van der Waals surface area contributed by atoms with Crippen LogP contribution in [-0.2, 0) is 0 Å². The van der Waals surface area contributed by atoms with Gasteiger partial charge in [0, 0.05) is 6.20 Å². The van der Waals surface area contributed by atoms with E-state index < -0.39 is 12.2 Å². The molecule has 6 heteroatoms. The van der Waals surface area contributed by atoms with Crippen molar-refractivity contribution in [2.45, 2.75) is 19.1 Å². The summed E-state index contributed by atoms with van der Waals surface area (Å²) in [6, 6.07) is 2.99. The number of nitrogens with zero attached hydrogens (tertiary/aromatic N) is 2. The molecule has 1 unspecified atom stereocenters. The number of pyridine rings is 1. The first kappa shape index (κ1) is 14.4. The third-order valence-electron chi connectivity index (χ3n) is 2.36. The van der Waals surface area contributed by atoms with Crippen molar-refractivity contribution in [1.82, 2.24) is 9.88 Å². The molecule has 0 fully saturated rings. The Balaban J connectivity index is 2.53. The maximum Gasteiger partial charge on any atom is 0.341 e. The van der Waals surface area contributed by atoms with E-state index >= 15 is 0 Å². The number of carboxylic acid groups (broad SMARTS) is 1. The molecule has 3 N–H and O–H groups in total. The number of rotatable bonds is 7. The molecule has 0 aliphatic rings. The summed E-state index contributed by atoms with van der Waals surface area (Å²) >= 11 is 0. The maximum absolute atomic E-state index is 10.9. The predicted octanol–water partition coefficient (Wildman–Crippen LogP) is 0.785. The maximum atomic E-state index is 10.9. The van der Waals surface area contributed by atoms with Crippen LogP contribution in [0.5, 0.6) is 5.88 Å². The summed E-state index contributed by atoms with van der Waals surface area (Å²) in [6.07, 6.45) is 2.46. The summed E-state index contributed by atoms with van der Waals surface area (Å²) in [5.74, 6) is -0.999. The SMILES string of the molecule is CN(C)CCCC(N)Oc1ncccc1C(=O)O. The van der Waals surface area contributed by atoms with Gasteiger partial charge in [-0.2, -0.15) is 0 Å². The highest BCUT2D eigenvalue weighted by Gasteiger charge is 2.14. The monoisotopic (exact) mass is 253 g/mol. The smallest absolute Gasteiger partial charge is 0.341 e. The highest BCUT2D eigenvalue weighted by Crippen LogP contribution is 2.15. The van der Waals surface area contributed by atoms with Gasteiger partial charge in [-0.25, -0.2) is 9.78 Å². The second-order valence-electron chi connectivity index (χ2n) is 4.26. The van der Waals surface area contributed by atoms with Crippen LogP contribution in [0.3, 0.4) is 0 Å². The number of hydrogen-bond acceptors (Lipinski definition) is 5. The van der Waals surface area contributed by atoms with Crippen molar-refractivity contribution in [3.05, 3.63) is 23.9 Å². The van der Waals surface area contributed by atoms with Gasteiger partial charge < -0.3 is 14.7 Å². The molecule has 1 heterocycles. The van der Waals surface area contributed by atoms with Gasteiger partial charge in [0.1, 0.15) is 11.8 Å². The van der Waals surface area contributed by atoms with Gasteiger partial charge in [0.25, 0.3) is 0 Å². The van der Waals surface area contributed by atoms with Crippen molar-refractivity contribution >= 4 is 5.97 Å². The fourth-order valence-corrected chi connectivity index (χ4v) is 1.46. The number of aromatic nitrogens is 1. The van der Waals surface area contributed by atoms with Crippen LogP contribution in [0.2, 0.25) is 0 Å². The second kappa shape index (κ2) is 6.93. The molecule has 0 spiro atoms. The average Bonchev–Trinajstić information content (AvgIpc) is 2.28. The Bertz CT molecular complexity index is 396. The summed E-state index contributed by atoms with van der Waals surface area (Å²) in [6.45, 7) is 0.908. The van der Waals surface area contributed by atoms with Crippen LogP contribution < -0.4 is 10.5 Å². The quantitative estimate of drug-likeness (QED) is 0.698. The molecule has 0 saturated heterocycles. The topological polar surface area (TPSA) is 88.7 Å². The fourth-order valence-electron chi connectivity index (χ4n) is 1.46. The minimum absolute atomic E-state index is 0.0283. The molecule has 100 valence electrons. The van der Waals surface area contributed by atoms with Crippen LogP contribution >= 0.6 is 0 Å². The van der Waals surface area contributed by atoms with Crippen molar-refractivity contribution in [2.75, 3.05) is 20.6 Å². The molecule has 0 radical (unpaired) electrons. The fraction of sp³-hybridized carbons (Fsp3) is 0.500. The molecule has 18 heavy (non-hydrogen) atoms. The number of hydrogen-bond donors (Lipinski definition) is 2. The lowest BCUT2D eigenvalue weighted by Gasteiger charge is -2.16. The Kier molecular flexibility index (Phi) is 5.54. The van der Waals surface area contributed by atoms with Crippen molar-refractivity contribution in [3.8, 4) is 5.88 Å². The largest absolute Gasteiger partial charge is 0.477 e. The normalized spacial score (nSPS) is 12.4. The van der Waals surface area contributed by atoms with E-state index in [1.54, 1.807) is 6.07 Å². The van der Waals surface area contributed by atoms with Crippen molar-refractivity contribution in [2.24, 2.45) is 5.73 Å². The second-order valence-corrected chi connectivity index (χ2v) is 4.26. The molecule has 0 aromatic carbocycles. The Morgan fingerprint density at radius 1 is 1.61 bits per heavy atom. The van der Waals surface area contributed by atoms with Gasteiger partial charge in [0.15, 0.2) is 0 Å². The Morgan fingerprint density at radius 2 is 2.33 bits per heavy atom. The number of aromatic carboxylic acids is 1. The van der Waals surface area contributed by atoms with Crippen LogP contribution in [-0.4, -0.2) is 47.8 Å². The minimum Gasteiger partial charge on any atom is -0.477 e. The number of ether oxygens (including phenoxy) is 1. The molecule has 0 saturated carbocycles. The van der Waals surface area contributed by atoms with Gasteiger partial charge in [0.05, 0.1) is 0 Å². The van der Waals surface area contributed by atoms with Gasteiger partial charge in [-0.3, -0.25) is 5.73 Å². The number of carboxylic acids is 1. The Labute approximate surface area is 106 Å². The number of nitrogens with two attached hydrogens (primary N) is 1. The zero-order valence-electron chi connectivity index (χ0n) is 10.7. The summed E-state index contributed by atoms with van der Waals surface area (Å²) in [4.78, 5) is 16.9. The molecule has 1 rings (SSSR count). The highest BCUT2D eigenvalue weighted by atomic mass is 16.5. The van der Waals surface area contributed by atoms with Crippen molar-refractivity contribution in [1.29, 1.82) is 0 Å². The lowest BCUT2D eigenvalue weighted by molar-refractivity contribution is 0.0687. The molecule has 0 amide bonds. The van der Waals surface area contributed by atoms with Gasteiger partial charge in [-0.1, -0.05) is 0 Å². The van der Waals surface area contributed by atoms with E-state index in [4.69, 9.17) is 15.6 Å². The first-order valence-electron chi connectivity index (χ1n) is 5.76. The molecule has 1 aromatic rings. The lowest BCUT2D eigenvalue weighted by atomic mass is 10.2. The van der Waals surface area contributed by atoms with E-state index in [0.717, 1.165) is 13.0 Å². The number of carbonyl (C=O) groups is 1. The molecule has 1 atom stereocenters. The lowest BCUT2D eigenvalue weighted by Crippen LogP contribution is -2.29. The molecule has 0 aliphatic heterocycles. The van der Waals surface area contributed by atoms with Crippen LogP contribution in [0.25, 0.3) is 0 Å². The summed E-state index contributed by atoms with van der Waals surface area (Å²) < 4.78 is 5.36. The Morgan fingerprint density at radius 3 is 2.94 bits per heavy atom. The van der Waals surface area contributed by atoms with E-state index in [-0.39, 0.29) is 11.4 Å². The van der Waals surface area contributed by atoms with Crippen molar-refractivity contribution in [3.63, 3.8) is 0 Å². The zero-order chi connectivity index (χ0) is 13.5. The summed E-state index contributed by atoms with van der Waals surface area (Å²) in [7, 11) is 3.96. The third-order valence-corrected chi connectivity index (χ3v) is 2.36. The molecular formula is C12H19N3O3. The standard InChI is InChI=1S/C12H19N3O3/c1-15(2)8-4-6-10(13)18-11-9(12(16)17)5-3-7-14-11/h3,5,7,10H,4,6,8,13H2,1-2H3,(H,16,17). The van der Waals surface area contributed by atoms with E-state index in [9.17, 15) is 4.79 Å². The summed E-state index contributed by atoms with van der Waals surface area (Å²) in [5.41, 5.74) is 5.82. The molecular weight excluding hydrogens is 234 g/mol. The zero-order valence-corrected chi connectivity index (χ0v) is 10.7. The molecule has 0 bridgehead atoms. The van der Waals surface area contributed by atoms with E-state index in [1.807, 2.05) is 14.1 Å². The Hall–Kier alpha value is -1.66. The van der Waals surface area contributed by atoms with E-state index in [2.05, 4.69) is 9.88 Å². The van der Waals surface area contributed by atoms with E-state index in [0.29, 0.717) is 6.42 Å². The van der Waals surface area contributed by atoms with Gasteiger partial charge in [-0.05, 0) is 45.6 Å². The predicted molar refractivity (Wildman–Crippen MR) is 67.6 cm³/mol. The van der Waals surface area contributed by atoms with Crippen LogP contribution in [0.4, 0.5) is 0 Å². The molecule has 6 nitrogen and oxygen atoms in total. The van der Waals surface area contributed by atoms with Crippen LogP contribution in [0, 0.1) is 0 Å². The van der Waals surface area contributed by atoms with E-state index in [1.165, 1.54) is 12.3 Å². The average molecular weight is 253 g/mol. The van der Waals surface area contributed by atoms with Gasteiger partial charge in [-0.15, -0.1) is 0 Å². The molecule has 1 aromatic heterocycles. The minimum atomic E-state index is -1.07. The first-order chi connectivity index (χ1) is 8.50. The first-order valence-corrected chi connectivity index (χ1v) is 5.76. The van der Waals surface area contributed by atoms with Gasteiger partial charge in [0.2, 0.25) is 5.88 Å². The highest BCUT2D eigenvalue weighted by molar-refractivity contribution is 5.90. The van der Waals surface area contributed by atoms with Crippen LogP contribution in [0.15, 0.2) is 18.3 Å². The van der Waals surface area contributed by atoms with Gasteiger partial charge >= 0.3 is 5.97 Å².